The van der Waals surface area contributed by atoms with Gasteiger partial charge in [-0.05, 0) is 40.1 Å². The van der Waals surface area contributed by atoms with E-state index in [9.17, 15) is 0 Å². The standard InChI is InChI=1S/C45H22B6N4S/c46-28-19-31-35-37(50)38(51)36-32-20-29(47)22-34(49)41(32)56-42(36)40(35)55(39(31)33(48)21-28)30-16-8-15-27(18-30)45-53-43(24-11-5-2-6-12-24)52-44(54-45)26-14-7-13-25(17-26)23-9-3-1-4-10-23/h1-22H. The molecule has 10 aromatic rings. The van der Waals surface area contributed by atoms with Crippen LogP contribution in [0, 0.1) is 0 Å². The van der Waals surface area contributed by atoms with Gasteiger partial charge in [0, 0.05) is 43.4 Å². The molecule has 3 heterocycles. The molecule has 246 valence electrons. The second kappa shape index (κ2) is 13.3. The van der Waals surface area contributed by atoms with Crippen LogP contribution in [0.4, 0.5) is 0 Å². The average Bonchev–Trinajstić information content (AvgIpc) is 3.78. The molecule has 0 unspecified atom stereocenters. The maximum atomic E-state index is 6.98. The van der Waals surface area contributed by atoms with Crippen LogP contribution < -0.4 is 32.8 Å². The number of hydrogen-bond acceptors (Lipinski definition) is 4. The van der Waals surface area contributed by atoms with Gasteiger partial charge in [0.25, 0.3) is 0 Å². The van der Waals surface area contributed by atoms with Gasteiger partial charge < -0.3 is 4.57 Å². The summed E-state index contributed by atoms with van der Waals surface area (Å²) in [4.78, 5) is 15.1. The molecule has 0 fully saturated rings. The Bertz CT molecular complexity index is 3220. The van der Waals surface area contributed by atoms with Crippen LogP contribution in [-0.4, -0.2) is 66.6 Å². The van der Waals surface area contributed by atoms with E-state index in [4.69, 9.17) is 62.0 Å². The molecular weight excluding hydrogens is 693 g/mol. The topological polar surface area (TPSA) is 43.6 Å². The van der Waals surface area contributed by atoms with Crippen LogP contribution in [0.2, 0.25) is 0 Å². The van der Waals surface area contributed by atoms with Gasteiger partial charge in [-0.2, -0.15) is 0 Å². The highest BCUT2D eigenvalue weighted by Crippen LogP contribution is 2.41. The number of fused-ring (bicyclic) bond motifs is 7. The van der Waals surface area contributed by atoms with E-state index in [1.54, 1.807) is 23.5 Å². The maximum Gasteiger partial charge on any atom is 0.164 e. The van der Waals surface area contributed by atoms with Crippen LogP contribution in [-0.2, 0) is 0 Å². The Morgan fingerprint density at radius 1 is 0.411 bits per heavy atom. The van der Waals surface area contributed by atoms with Crippen molar-refractivity contribution in [2.45, 2.75) is 0 Å². The highest BCUT2D eigenvalue weighted by Gasteiger charge is 2.24. The van der Waals surface area contributed by atoms with E-state index < -0.39 is 0 Å². The third-order valence-corrected chi connectivity index (χ3v) is 11.5. The highest BCUT2D eigenvalue weighted by atomic mass is 32.1. The zero-order valence-electron chi connectivity index (χ0n) is 29.9. The third kappa shape index (κ3) is 5.56. The summed E-state index contributed by atoms with van der Waals surface area (Å²) in [6.45, 7) is 0. The minimum absolute atomic E-state index is 0.422. The maximum absolute atomic E-state index is 6.98. The van der Waals surface area contributed by atoms with Crippen LogP contribution >= 0.6 is 11.3 Å². The Labute approximate surface area is 335 Å². The number of benzene rings is 7. The number of hydrogen-bond donors (Lipinski definition) is 0. The summed E-state index contributed by atoms with van der Waals surface area (Å²) < 4.78 is 3.89. The Hall–Kier alpha value is -6.04. The lowest BCUT2D eigenvalue weighted by molar-refractivity contribution is 1.07. The normalized spacial score (nSPS) is 11.6. The van der Waals surface area contributed by atoms with Crippen LogP contribution in [0.5, 0.6) is 0 Å². The van der Waals surface area contributed by atoms with Gasteiger partial charge in [-0.15, -0.1) is 11.3 Å². The molecule has 56 heavy (non-hydrogen) atoms. The summed E-state index contributed by atoms with van der Waals surface area (Å²) in [5.74, 6) is 1.63. The number of aromatic nitrogens is 4. The fraction of sp³-hybridized carbons (Fsp3) is 0. The number of thiophene rings is 1. The van der Waals surface area contributed by atoms with Gasteiger partial charge in [0.2, 0.25) is 0 Å². The van der Waals surface area contributed by atoms with E-state index in [1.165, 1.54) is 0 Å². The lowest BCUT2D eigenvalue weighted by Gasteiger charge is -2.14. The predicted octanol–water partition coefficient (Wildman–Crippen LogP) is 4.77. The summed E-state index contributed by atoms with van der Waals surface area (Å²) >= 11 is 1.54. The van der Waals surface area contributed by atoms with Crippen molar-refractivity contribution in [2.24, 2.45) is 0 Å². The Balaban J connectivity index is 1.24. The van der Waals surface area contributed by atoms with Crippen molar-refractivity contribution in [3.05, 3.63) is 133 Å². The molecule has 0 aliphatic rings. The third-order valence-electron chi connectivity index (χ3n) is 10.3. The molecular formula is C45H22B6N4S. The molecule has 0 N–H and O–H groups in total. The molecule has 0 aliphatic heterocycles. The summed E-state index contributed by atoms with van der Waals surface area (Å²) in [6.07, 6.45) is 0. The zero-order chi connectivity index (χ0) is 38.2. The summed E-state index contributed by atoms with van der Waals surface area (Å²) in [5.41, 5.74) is 10.0. The van der Waals surface area contributed by atoms with Crippen molar-refractivity contribution in [3.63, 3.8) is 0 Å². The van der Waals surface area contributed by atoms with Crippen molar-refractivity contribution in [1.82, 2.24) is 19.5 Å². The monoisotopic (exact) mass is 716 g/mol. The smallest absolute Gasteiger partial charge is 0.164 e. The molecule has 0 aliphatic carbocycles. The predicted molar refractivity (Wildman–Crippen MR) is 241 cm³/mol. The summed E-state index contributed by atoms with van der Waals surface area (Å²) in [5, 5.41) is 3.16. The van der Waals surface area contributed by atoms with E-state index in [0.29, 0.717) is 50.3 Å². The van der Waals surface area contributed by atoms with Gasteiger partial charge >= 0.3 is 0 Å². The molecule has 0 saturated heterocycles. The average molecular weight is 716 g/mol. The molecule has 0 spiro atoms. The van der Waals surface area contributed by atoms with Gasteiger partial charge in [0.15, 0.2) is 17.5 Å². The van der Waals surface area contributed by atoms with E-state index in [0.717, 1.165) is 75.5 Å². The second-order valence-electron chi connectivity index (χ2n) is 13.9. The number of rotatable bonds is 5. The minimum Gasteiger partial charge on any atom is -0.308 e. The van der Waals surface area contributed by atoms with Crippen LogP contribution in [0.25, 0.3) is 93.0 Å². The first kappa shape index (κ1) is 34.4. The SMILES string of the molecule is [B]c1cc([B])c2sc3c(c([B])c([B])c4c5cc([B])cc([B])c5n(-c5cccc(-c6nc(-c7ccccc7)nc(-c7cccc(-c8ccccc8)c7)n6)c5)c34)c2c1. The van der Waals surface area contributed by atoms with Crippen LogP contribution in [0.15, 0.2) is 133 Å². The van der Waals surface area contributed by atoms with Crippen molar-refractivity contribution < 1.29 is 0 Å². The Kier molecular flexibility index (Phi) is 8.19. The molecule has 0 amide bonds. The molecule has 0 bridgehead atoms. The van der Waals surface area contributed by atoms with Crippen molar-refractivity contribution in [3.8, 4) is 51.0 Å². The first-order valence-corrected chi connectivity index (χ1v) is 18.7. The van der Waals surface area contributed by atoms with Crippen molar-refractivity contribution in [2.75, 3.05) is 0 Å². The largest absolute Gasteiger partial charge is 0.308 e. The fourth-order valence-electron chi connectivity index (χ4n) is 7.77. The molecule has 3 aromatic heterocycles. The first-order valence-electron chi connectivity index (χ1n) is 17.9. The highest BCUT2D eigenvalue weighted by molar-refractivity contribution is 7.28. The zero-order valence-corrected chi connectivity index (χ0v) is 30.7. The molecule has 10 rings (SSSR count). The van der Waals surface area contributed by atoms with Gasteiger partial charge in [-0.25, -0.2) is 15.0 Å². The van der Waals surface area contributed by atoms with E-state index in [2.05, 4.69) is 34.9 Å². The van der Waals surface area contributed by atoms with Crippen molar-refractivity contribution >= 4 is 133 Å². The molecule has 0 saturated carbocycles. The lowest BCUT2D eigenvalue weighted by Crippen LogP contribution is -2.27. The van der Waals surface area contributed by atoms with Crippen LogP contribution in [0.3, 0.4) is 0 Å². The number of nitrogens with zero attached hydrogens (tertiary/aromatic N) is 4. The summed E-state index contributed by atoms with van der Waals surface area (Å²) in [6, 6.07) is 43.8. The van der Waals surface area contributed by atoms with Crippen LogP contribution in [0.1, 0.15) is 0 Å². The molecule has 4 nitrogen and oxygen atoms in total. The molecule has 0 atom stereocenters. The minimum atomic E-state index is 0.422. The quantitative estimate of drug-likeness (QED) is 0.242. The summed E-state index contributed by atoms with van der Waals surface area (Å²) in [7, 11) is 40.0. The van der Waals surface area contributed by atoms with Gasteiger partial charge in [-0.1, -0.05) is 148 Å². The van der Waals surface area contributed by atoms with Gasteiger partial charge in [-0.3, -0.25) is 0 Å². The van der Waals surface area contributed by atoms with E-state index in [-0.39, 0.29) is 0 Å². The molecule has 7 aromatic carbocycles. The van der Waals surface area contributed by atoms with Gasteiger partial charge in [0.05, 0.1) is 10.2 Å². The Morgan fingerprint density at radius 2 is 0.946 bits per heavy atom. The van der Waals surface area contributed by atoms with Crippen molar-refractivity contribution in [1.29, 1.82) is 0 Å². The second-order valence-corrected chi connectivity index (χ2v) is 14.9. The lowest BCUT2D eigenvalue weighted by atomic mass is 9.74. The van der Waals surface area contributed by atoms with E-state index >= 15 is 0 Å². The van der Waals surface area contributed by atoms with Gasteiger partial charge in [0.1, 0.15) is 47.1 Å². The van der Waals surface area contributed by atoms with E-state index in [1.807, 2.05) is 91.0 Å². The first-order chi connectivity index (χ1) is 27.2. The Morgan fingerprint density at radius 3 is 1.64 bits per heavy atom. The fourth-order valence-corrected chi connectivity index (χ4v) is 9.04. The molecule has 12 radical (unpaired) electrons. The molecule has 11 heteroatoms.